The number of ether oxygens (including phenoxy) is 6. The normalized spacial score (nSPS) is 30.2. The van der Waals surface area contributed by atoms with E-state index in [-0.39, 0.29) is 18.9 Å². The Kier molecular flexibility index (Phi) is 40.3. The van der Waals surface area contributed by atoms with Gasteiger partial charge in [0.15, 0.2) is 18.9 Å². The number of nitrogens with one attached hydrogen (secondary N) is 1. The van der Waals surface area contributed by atoms with Crippen molar-refractivity contribution in [3.8, 4) is 0 Å². The zero-order chi connectivity index (χ0) is 59.0. The second kappa shape index (κ2) is 44.9. The number of aliphatic hydroxyl groups excluding tert-OH is 11. The zero-order valence-electron chi connectivity index (χ0n) is 49.0. The first-order valence-corrected chi connectivity index (χ1v) is 31.0. The Balaban J connectivity index is 1.44. The third kappa shape index (κ3) is 28.5. The summed E-state index contributed by atoms with van der Waals surface area (Å²) in [7, 11) is 0. The molecule has 0 spiro atoms. The molecular formula is C62H109NO18. The van der Waals surface area contributed by atoms with E-state index in [4.69, 9.17) is 28.4 Å². The molecule has 0 aromatic rings. The van der Waals surface area contributed by atoms with E-state index < -0.39 is 124 Å². The van der Waals surface area contributed by atoms with Gasteiger partial charge in [0.05, 0.1) is 38.6 Å². The van der Waals surface area contributed by atoms with Crippen molar-refractivity contribution in [2.24, 2.45) is 0 Å². The smallest absolute Gasteiger partial charge is 0.220 e. The molecule has 0 bridgehead atoms. The van der Waals surface area contributed by atoms with Gasteiger partial charge in [-0.2, -0.15) is 0 Å². The molecule has 0 aromatic carbocycles. The summed E-state index contributed by atoms with van der Waals surface area (Å²) in [4.78, 5) is 13.3. The fourth-order valence-electron chi connectivity index (χ4n) is 10.1. The molecule has 0 radical (unpaired) electrons. The molecule has 81 heavy (non-hydrogen) atoms. The Morgan fingerprint density at radius 1 is 0.444 bits per heavy atom. The summed E-state index contributed by atoms with van der Waals surface area (Å²) in [6, 6.07) is -0.997. The van der Waals surface area contributed by atoms with Gasteiger partial charge in [-0.15, -0.1) is 0 Å². The summed E-state index contributed by atoms with van der Waals surface area (Å²) in [6.07, 6.45) is 25.1. The molecule has 3 saturated heterocycles. The molecule has 1 amide bonds. The molecule has 19 heteroatoms. The van der Waals surface area contributed by atoms with Gasteiger partial charge in [-0.3, -0.25) is 4.79 Å². The topological polar surface area (TPSA) is 307 Å². The number of carbonyl (C=O) groups is 1. The van der Waals surface area contributed by atoms with Crippen molar-refractivity contribution < 1.29 is 89.4 Å². The predicted octanol–water partition coefficient (Wildman–Crippen LogP) is 6.04. The van der Waals surface area contributed by atoms with Crippen LogP contribution in [0.2, 0.25) is 0 Å². The lowest BCUT2D eigenvalue weighted by Gasteiger charge is -2.48. The molecule has 3 heterocycles. The van der Waals surface area contributed by atoms with Gasteiger partial charge in [-0.05, 0) is 70.6 Å². The Hall–Kier alpha value is -2.51. The Bertz CT molecular complexity index is 1710. The summed E-state index contributed by atoms with van der Waals surface area (Å²) in [5.41, 5.74) is 0. The molecule has 470 valence electrons. The van der Waals surface area contributed by atoms with E-state index in [0.717, 1.165) is 57.8 Å². The first-order valence-electron chi connectivity index (χ1n) is 31.0. The highest BCUT2D eigenvalue weighted by molar-refractivity contribution is 5.76. The number of rotatable bonds is 45. The maximum Gasteiger partial charge on any atom is 0.220 e. The van der Waals surface area contributed by atoms with E-state index in [0.29, 0.717) is 12.8 Å². The van der Waals surface area contributed by atoms with Crippen LogP contribution in [0.15, 0.2) is 60.8 Å². The largest absolute Gasteiger partial charge is 0.394 e. The van der Waals surface area contributed by atoms with Crippen LogP contribution in [0, 0.1) is 0 Å². The molecule has 12 N–H and O–H groups in total. The predicted molar refractivity (Wildman–Crippen MR) is 309 cm³/mol. The molecule has 3 aliphatic heterocycles. The van der Waals surface area contributed by atoms with Crippen LogP contribution in [-0.2, 0) is 33.2 Å². The quantitative estimate of drug-likeness (QED) is 0.0244. The standard InChI is InChI=1S/C62H109NO18/c1-3-5-7-9-11-13-15-16-17-18-19-20-21-22-23-24-25-26-27-28-30-32-34-36-38-40-50(68)63-45(46(67)39-37-35-33-31-29-14-12-10-8-6-4-2)44-76-60-56(74)53(71)58(48(42-65)78-60)81-62-57(75)54(72)59(49(43-66)79-62)80-61-55(73)52(70)51(69)47(41-64)77-61/h8,10,15-16,18-19,29,31,37,39,45-49,51-62,64-67,69-75H,3-7,9,11-14,17,20-28,30,32-36,38,40-44H2,1-2H3,(H,63,68)/b10-8+,16-15-,19-18-,31-29+,39-37+. The molecule has 17 atom stereocenters. The Morgan fingerprint density at radius 3 is 1.35 bits per heavy atom. The first kappa shape index (κ1) is 72.7. The number of aliphatic hydroxyl groups is 11. The molecule has 0 saturated carbocycles. The van der Waals surface area contributed by atoms with Crippen LogP contribution in [-0.4, -0.2) is 193 Å². The van der Waals surface area contributed by atoms with Crippen molar-refractivity contribution >= 4 is 5.91 Å². The summed E-state index contributed by atoms with van der Waals surface area (Å²) >= 11 is 0. The van der Waals surface area contributed by atoms with E-state index in [1.165, 1.54) is 103 Å². The average molecular weight is 1160 g/mol. The molecule has 19 nitrogen and oxygen atoms in total. The Morgan fingerprint density at radius 2 is 0.852 bits per heavy atom. The number of hydrogen-bond acceptors (Lipinski definition) is 18. The van der Waals surface area contributed by atoms with Gasteiger partial charge in [0.2, 0.25) is 5.91 Å². The fourth-order valence-corrected chi connectivity index (χ4v) is 10.1. The van der Waals surface area contributed by atoms with Gasteiger partial charge in [-0.25, -0.2) is 0 Å². The second-order valence-electron chi connectivity index (χ2n) is 22.1. The summed E-state index contributed by atoms with van der Waals surface area (Å²) in [5, 5.41) is 120. The van der Waals surface area contributed by atoms with Crippen LogP contribution >= 0.6 is 0 Å². The number of amides is 1. The van der Waals surface area contributed by atoms with Crippen LogP contribution < -0.4 is 5.32 Å². The minimum absolute atomic E-state index is 0.229. The lowest BCUT2D eigenvalue weighted by Crippen LogP contribution is -2.66. The van der Waals surface area contributed by atoms with Crippen molar-refractivity contribution in [3.63, 3.8) is 0 Å². The van der Waals surface area contributed by atoms with Crippen LogP contribution in [0.3, 0.4) is 0 Å². The lowest BCUT2D eigenvalue weighted by molar-refractivity contribution is -0.379. The van der Waals surface area contributed by atoms with Crippen LogP contribution in [0.25, 0.3) is 0 Å². The van der Waals surface area contributed by atoms with Gasteiger partial charge in [0.25, 0.3) is 0 Å². The van der Waals surface area contributed by atoms with Crippen LogP contribution in [0.5, 0.6) is 0 Å². The van der Waals surface area contributed by atoms with Crippen molar-refractivity contribution in [2.75, 3.05) is 26.4 Å². The van der Waals surface area contributed by atoms with E-state index in [9.17, 15) is 61.0 Å². The van der Waals surface area contributed by atoms with Crippen molar-refractivity contribution in [3.05, 3.63) is 60.8 Å². The molecule has 0 aliphatic carbocycles. The maximum absolute atomic E-state index is 13.3. The maximum atomic E-state index is 13.3. The lowest BCUT2D eigenvalue weighted by atomic mass is 9.96. The van der Waals surface area contributed by atoms with Crippen LogP contribution in [0.1, 0.15) is 194 Å². The minimum Gasteiger partial charge on any atom is -0.394 e. The van der Waals surface area contributed by atoms with Gasteiger partial charge in [0, 0.05) is 6.42 Å². The number of carbonyl (C=O) groups excluding carboxylic acids is 1. The third-order valence-electron chi connectivity index (χ3n) is 15.2. The van der Waals surface area contributed by atoms with Gasteiger partial charge < -0.3 is 89.9 Å². The van der Waals surface area contributed by atoms with Crippen molar-refractivity contribution in [1.29, 1.82) is 0 Å². The van der Waals surface area contributed by atoms with Gasteiger partial charge in [0.1, 0.15) is 73.2 Å². The average Bonchev–Trinajstić information content (AvgIpc) is 3.57. The highest BCUT2D eigenvalue weighted by Crippen LogP contribution is 2.33. The number of allylic oxidation sites excluding steroid dienone is 9. The monoisotopic (exact) mass is 1160 g/mol. The van der Waals surface area contributed by atoms with Crippen molar-refractivity contribution in [1.82, 2.24) is 5.32 Å². The van der Waals surface area contributed by atoms with E-state index in [1.54, 1.807) is 6.08 Å². The second-order valence-corrected chi connectivity index (χ2v) is 22.1. The number of unbranched alkanes of at least 4 members (excludes halogenated alkanes) is 21. The van der Waals surface area contributed by atoms with Gasteiger partial charge in [-0.1, -0.05) is 177 Å². The molecule has 17 unspecified atom stereocenters. The molecule has 3 aliphatic rings. The Labute approximate surface area is 484 Å². The molecule has 0 aromatic heterocycles. The SMILES string of the molecule is CCC/C=C/CC/C=C/CC/C=C/C(O)C(COC1OC(CO)C(OC2OC(CO)C(OC3OC(CO)C(O)C(O)C3O)C(O)C2O)C(O)C1O)NC(=O)CCCCCCCCCCCCCCC/C=C\C/C=C\CCCCCCC. The molecule has 3 fully saturated rings. The van der Waals surface area contributed by atoms with Gasteiger partial charge >= 0.3 is 0 Å². The summed E-state index contributed by atoms with van der Waals surface area (Å²) in [5.74, 6) is -0.294. The third-order valence-corrected chi connectivity index (χ3v) is 15.2. The van der Waals surface area contributed by atoms with E-state index >= 15 is 0 Å². The summed E-state index contributed by atoms with van der Waals surface area (Å²) in [6.45, 7) is 1.59. The molecular weight excluding hydrogens is 1050 g/mol. The van der Waals surface area contributed by atoms with E-state index in [2.05, 4.69) is 67.8 Å². The van der Waals surface area contributed by atoms with Crippen LogP contribution in [0.4, 0.5) is 0 Å². The minimum atomic E-state index is -1.98. The fraction of sp³-hybridized carbons (Fsp3) is 0.823. The summed E-state index contributed by atoms with van der Waals surface area (Å²) < 4.78 is 34.2. The highest BCUT2D eigenvalue weighted by Gasteiger charge is 2.53. The first-order chi connectivity index (χ1) is 39.3. The number of hydrogen-bond donors (Lipinski definition) is 12. The zero-order valence-corrected chi connectivity index (χ0v) is 49.0. The molecule has 3 rings (SSSR count). The van der Waals surface area contributed by atoms with Crippen molar-refractivity contribution in [2.45, 2.75) is 298 Å². The highest BCUT2D eigenvalue weighted by atomic mass is 16.8. The van der Waals surface area contributed by atoms with E-state index in [1.807, 2.05) is 6.08 Å².